The molecular weight excluding hydrogens is 290 g/mol. The Morgan fingerprint density at radius 2 is 2.24 bits per heavy atom. The number of methoxy groups -OCH3 is 1. The molecule has 1 aliphatic rings. The number of ether oxygens (including phenoxy) is 1. The van der Waals surface area contributed by atoms with Crippen molar-refractivity contribution < 1.29 is 9.53 Å². The molecule has 0 aromatic heterocycles. The van der Waals surface area contributed by atoms with Crippen LogP contribution in [0.5, 0.6) is 0 Å². The van der Waals surface area contributed by atoms with Crippen LogP contribution < -0.4 is 11.1 Å². The fraction of sp³-hybridized carbons (Fsp3) is 0.533. The predicted octanol–water partition coefficient (Wildman–Crippen LogP) is 2.36. The molecule has 0 bridgehead atoms. The van der Waals surface area contributed by atoms with Gasteiger partial charge in [0.1, 0.15) is 0 Å². The summed E-state index contributed by atoms with van der Waals surface area (Å²) in [7, 11) is 1.70. The summed E-state index contributed by atoms with van der Waals surface area (Å²) in [4.78, 5) is 14.3. The van der Waals surface area contributed by atoms with Crippen LogP contribution in [0.25, 0.3) is 0 Å². The molecule has 1 saturated carbocycles. The zero-order valence-corrected chi connectivity index (χ0v) is 13.0. The highest BCUT2D eigenvalue weighted by molar-refractivity contribution is 6.33. The Bertz CT molecular complexity index is 492. The summed E-state index contributed by atoms with van der Waals surface area (Å²) >= 11 is 5.85. The van der Waals surface area contributed by atoms with Gasteiger partial charge in [0.05, 0.1) is 17.3 Å². The van der Waals surface area contributed by atoms with Crippen molar-refractivity contribution in [2.75, 3.05) is 37.9 Å². The lowest BCUT2D eigenvalue weighted by atomic mass is 10.2. The van der Waals surface area contributed by atoms with E-state index in [9.17, 15) is 4.79 Å². The molecule has 0 spiro atoms. The first-order valence-corrected chi connectivity index (χ1v) is 7.56. The summed E-state index contributed by atoms with van der Waals surface area (Å²) in [5.41, 5.74) is 6.86. The van der Waals surface area contributed by atoms with E-state index in [1.165, 1.54) is 12.8 Å². The fourth-order valence-corrected chi connectivity index (χ4v) is 2.33. The van der Waals surface area contributed by atoms with Gasteiger partial charge in [-0.05, 0) is 31.0 Å². The molecule has 2 rings (SSSR count). The number of nitrogens with zero attached hydrogens (tertiary/aromatic N) is 1. The van der Waals surface area contributed by atoms with Gasteiger partial charge in [-0.25, -0.2) is 0 Å². The van der Waals surface area contributed by atoms with Crippen LogP contribution in [0.2, 0.25) is 5.02 Å². The van der Waals surface area contributed by atoms with Gasteiger partial charge in [-0.1, -0.05) is 11.6 Å². The number of carbonyl (C=O) groups is 1. The van der Waals surface area contributed by atoms with Crippen molar-refractivity contribution in [2.45, 2.75) is 25.3 Å². The number of nitrogen functional groups attached to an aromatic ring is 1. The number of hydrogen-bond acceptors (Lipinski definition) is 4. The van der Waals surface area contributed by atoms with Crippen LogP contribution in [-0.4, -0.2) is 43.7 Å². The van der Waals surface area contributed by atoms with Crippen LogP contribution in [0.3, 0.4) is 0 Å². The Labute approximate surface area is 130 Å². The minimum absolute atomic E-state index is 0.0141. The average Bonchev–Trinajstić information content (AvgIpc) is 3.27. The first kappa shape index (κ1) is 16.1. The van der Waals surface area contributed by atoms with Gasteiger partial charge < -0.3 is 15.8 Å². The molecule has 0 radical (unpaired) electrons. The number of halogens is 1. The van der Waals surface area contributed by atoms with E-state index in [2.05, 4.69) is 10.2 Å². The summed E-state index contributed by atoms with van der Waals surface area (Å²) in [6.07, 6.45) is 2.90. The smallest absolute Gasteiger partial charge is 0.225 e. The minimum atomic E-state index is -0.0141. The van der Waals surface area contributed by atoms with Crippen LogP contribution in [0.4, 0.5) is 11.4 Å². The summed E-state index contributed by atoms with van der Waals surface area (Å²) in [6.45, 7) is 2.33. The molecule has 0 aliphatic heterocycles. The Hall–Kier alpha value is -1.30. The Balaban J connectivity index is 1.79. The van der Waals surface area contributed by atoms with Gasteiger partial charge in [0, 0.05) is 38.3 Å². The van der Waals surface area contributed by atoms with Crippen LogP contribution in [0.15, 0.2) is 18.2 Å². The van der Waals surface area contributed by atoms with Crippen molar-refractivity contribution in [3.8, 4) is 0 Å². The summed E-state index contributed by atoms with van der Waals surface area (Å²) in [6, 6.07) is 5.73. The molecule has 5 nitrogen and oxygen atoms in total. The van der Waals surface area contributed by atoms with Gasteiger partial charge in [0.15, 0.2) is 0 Å². The molecule has 6 heteroatoms. The average molecular weight is 312 g/mol. The van der Waals surface area contributed by atoms with Crippen molar-refractivity contribution >= 4 is 28.9 Å². The topological polar surface area (TPSA) is 67.6 Å². The second-order valence-corrected chi connectivity index (χ2v) is 5.70. The normalized spacial score (nSPS) is 14.4. The van der Waals surface area contributed by atoms with Crippen LogP contribution in [0.1, 0.15) is 19.3 Å². The Morgan fingerprint density at radius 1 is 1.48 bits per heavy atom. The van der Waals surface area contributed by atoms with E-state index in [0.29, 0.717) is 35.5 Å². The third kappa shape index (κ3) is 5.19. The first-order valence-electron chi connectivity index (χ1n) is 7.18. The molecule has 1 amide bonds. The first-order chi connectivity index (χ1) is 10.1. The number of anilines is 2. The van der Waals surface area contributed by atoms with Gasteiger partial charge in [-0.3, -0.25) is 9.69 Å². The number of carbonyl (C=O) groups excluding carboxylic acids is 1. The van der Waals surface area contributed by atoms with Crippen LogP contribution >= 0.6 is 11.6 Å². The third-order valence-corrected chi connectivity index (χ3v) is 3.90. The van der Waals surface area contributed by atoms with Crippen LogP contribution in [0, 0.1) is 0 Å². The lowest BCUT2D eigenvalue weighted by molar-refractivity contribution is -0.116. The third-order valence-electron chi connectivity index (χ3n) is 3.55. The highest BCUT2D eigenvalue weighted by Gasteiger charge is 2.28. The van der Waals surface area contributed by atoms with E-state index in [4.69, 9.17) is 22.1 Å². The fourth-order valence-electron chi connectivity index (χ4n) is 2.22. The maximum atomic E-state index is 12.0. The molecule has 1 fully saturated rings. The van der Waals surface area contributed by atoms with Crippen molar-refractivity contribution in [3.63, 3.8) is 0 Å². The van der Waals surface area contributed by atoms with Gasteiger partial charge >= 0.3 is 0 Å². The molecule has 21 heavy (non-hydrogen) atoms. The maximum Gasteiger partial charge on any atom is 0.225 e. The SMILES string of the molecule is COCCN(CCC(=O)Nc1ccc(Cl)c(N)c1)C1CC1. The zero-order valence-electron chi connectivity index (χ0n) is 12.3. The maximum absolute atomic E-state index is 12.0. The number of benzene rings is 1. The molecular formula is C15H22ClN3O2. The van der Waals surface area contributed by atoms with Crippen molar-refractivity contribution in [2.24, 2.45) is 0 Å². The molecule has 0 heterocycles. The van der Waals surface area contributed by atoms with Crippen LogP contribution in [-0.2, 0) is 9.53 Å². The van der Waals surface area contributed by atoms with E-state index < -0.39 is 0 Å². The highest BCUT2D eigenvalue weighted by atomic mass is 35.5. The second-order valence-electron chi connectivity index (χ2n) is 5.29. The largest absolute Gasteiger partial charge is 0.397 e. The van der Waals surface area contributed by atoms with E-state index >= 15 is 0 Å². The monoisotopic (exact) mass is 311 g/mol. The second kappa shape index (κ2) is 7.64. The molecule has 0 saturated heterocycles. The van der Waals surface area contributed by atoms with Gasteiger partial charge in [-0.15, -0.1) is 0 Å². The van der Waals surface area contributed by atoms with E-state index in [0.717, 1.165) is 13.1 Å². The molecule has 1 aromatic carbocycles. The molecule has 0 atom stereocenters. The summed E-state index contributed by atoms with van der Waals surface area (Å²) < 4.78 is 5.11. The van der Waals surface area contributed by atoms with Gasteiger partial charge in [-0.2, -0.15) is 0 Å². The number of rotatable bonds is 8. The Morgan fingerprint density at radius 3 is 2.86 bits per heavy atom. The number of nitrogens with two attached hydrogens (primary N) is 1. The van der Waals surface area contributed by atoms with Gasteiger partial charge in [0.25, 0.3) is 0 Å². The molecule has 3 N–H and O–H groups in total. The van der Waals surface area contributed by atoms with E-state index in [1.54, 1.807) is 25.3 Å². The Kier molecular flexibility index (Phi) is 5.85. The van der Waals surface area contributed by atoms with Gasteiger partial charge in [0.2, 0.25) is 5.91 Å². The summed E-state index contributed by atoms with van der Waals surface area (Å²) in [5, 5.41) is 3.34. The predicted molar refractivity (Wildman–Crippen MR) is 85.6 cm³/mol. The highest BCUT2D eigenvalue weighted by Crippen LogP contribution is 2.27. The standard InChI is InChI=1S/C15H22ClN3O2/c1-21-9-8-19(12-3-4-12)7-6-15(20)18-11-2-5-13(16)14(17)10-11/h2,5,10,12H,3-4,6-9,17H2,1H3,(H,18,20). The molecule has 0 unspecified atom stereocenters. The van der Waals surface area contributed by atoms with E-state index in [1.807, 2.05) is 0 Å². The lowest BCUT2D eigenvalue weighted by Gasteiger charge is -2.21. The zero-order chi connectivity index (χ0) is 15.2. The number of nitrogens with one attached hydrogen (secondary N) is 1. The molecule has 1 aliphatic carbocycles. The number of hydrogen-bond donors (Lipinski definition) is 2. The number of amides is 1. The molecule has 116 valence electrons. The summed E-state index contributed by atoms with van der Waals surface area (Å²) in [5.74, 6) is -0.0141. The quantitative estimate of drug-likeness (QED) is 0.723. The van der Waals surface area contributed by atoms with E-state index in [-0.39, 0.29) is 5.91 Å². The van der Waals surface area contributed by atoms with Crippen molar-refractivity contribution in [1.82, 2.24) is 4.90 Å². The van der Waals surface area contributed by atoms with Crippen molar-refractivity contribution in [3.05, 3.63) is 23.2 Å². The van der Waals surface area contributed by atoms with Crippen molar-refractivity contribution in [1.29, 1.82) is 0 Å². The lowest BCUT2D eigenvalue weighted by Crippen LogP contribution is -2.32. The molecule has 1 aromatic rings. The minimum Gasteiger partial charge on any atom is -0.397 e.